The lowest BCUT2D eigenvalue weighted by Gasteiger charge is -2.27. The van der Waals surface area contributed by atoms with E-state index >= 15 is 0 Å². The average molecular weight is 275 g/mol. The number of benzene rings is 1. The Labute approximate surface area is 121 Å². The Morgan fingerprint density at radius 1 is 1.25 bits per heavy atom. The molecule has 1 aliphatic carbocycles. The number of rotatable bonds is 3. The van der Waals surface area contributed by atoms with Gasteiger partial charge in [-0.3, -0.25) is 4.79 Å². The average Bonchev–Trinajstić information content (AvgIpc) is 2.41. The molecule has 3 N–H and O–H groups in total. The minimum atomic E-state index is -0.0134. The second-order valence-corrected chi connectivity index (χ2v) is 6.10. The number of nitrogens with two attached hydrogens (primary N) is 1. The molecule has 0 bridgehead atoms. The molecule has 2 rings (SSSR count). The number of carbonyl (C=O) groups is 1. The maximum Gasteiger partial charge on any atom is 0.253 e. The van der Waals surface area contributed by atoms with Gasteiger partial charge in [0.15, 0.2) is 0 Å². The fourth-order valence-electron chi connectivity index (χ4n) is 2.79. The van der Waals surface area contributed by atoms with Crippen LogP contribution in [0.2, 0.25) is 0 Å². The highest BCUT2D eigenvalue weighted by Gasteiger charge is 2.21. The van der Waals surface area contributed by atoms with Gasteiger partial charge in [-0.2, -0.15) is 0 Å². The summed E-state index contributed by atoms with van der Waals surface area (Å²) in [7, 11) is 3.87. The third-order valence-electron chi connectivity index (χ3n) is 4.10. The Bertz CT molecular complexity index is 477. The smallest absolute Gasteiger partial charge is 0.253 e. The van der Waals surface area contributed by atoms with Gasteiger partial charge in [-0.25, -0.2) is 0 Å². The summed E-state index contributed by atoms with van der Waals surface area (Å²) in [5.41, 5.74) is 8.01. The fourth-order valence-corrected chi connectivity index (χ4v) is 2.79. The molecule has 4 heteroatoms. The molecule has 1 aliphatic rings. The molecule has 20 heavy (non-hydrogen) atoms. The summed E-state index contributed by atoms with van der Waals surface area (Å²) in [4.78, 5) is 14.4. The quantitative estimate of drug-likeness (QED) is 0.834. The molecule has 0 aliphatic heterocycles. The summed E-state index contributed by atoms with van der Waals surface area (Å²) in [6.45, 7) is 2.28. The summed E-state index contributed by atoms with van der Waals surface area (Å²) in [5.74, 6) is 0.772. The first kappa shape index (κ1) is 14.7. The van der Waals surface area contributed by atoms with Crippen molar-refractivity contribution in [3.8, 4) is 0 Å². The van der Waals surface area contributed by atoms with Gasteiger partial charge in [0, 0.05) is 31.5 Å². The molecule has 110 valence electrons. The van der Waals surface area contributed by atoms with Crippen LogP contribution in [0.3, 0.4) is 0 Å². The van der Waals surface area contributed by atoms with Gasteiger partial charge in [0.1, 0.15) is 0 Å². The van der Waals surface area contributed by atoms with Crippen molar-refractivity contribution in [3.05, 3.63) is 23.8 Å². The molecule has 0 radical (unpaired) electrons. The Hall–Kier alpha value is -1.71. The number of nitrogen functional groups attached to an aromatic ring is 1. The maximum absolute atomic E-state index is 12.5. The van der Waals surface area contributed by atoms with E-state index in [1.807, 2.05) is 31.1 Å². The van der Waals surface area contributed by atoms with Crippen LogP contribution in [0, 0.1) is 5.92 Å². The van der Waals surface area contributed by atoms with Crippen LogP contribution >= 0.6 is 0 Å². The SMILES string of the molecule is CC1CCC(NC(=O)c2cc(N)ccc2N(C)C)CC1. The highest BCUT2D eigenvalue weighted by Crippen LogP contribution is 2.25. The Morgan fingerprint density at radius 3 is 2.50 bits per heavy atom. The van der Waals surface area contributed by atoms with E-state index in [4.69, 9.17) is 5.73 Å². The summed E-state index contributed by atoms with van der Waals surface area (Å²) in [6.07, 6.45) is 4.55. The minimum absolute atomic E-state index is 0.0134. The van der Waals surface area contributed by atoms with Crippen LogP contribution in [-0.4, -0.2) is 26.0 Å². The molecule has 1 amide bonds. The minimum Gasteiger partial charge on any atom is -0.399 e. The summed E-state index contributed by atoms with van der Waals surface area (Å²) >= 11 is 0. The molecule has 1 fully saturated rings. The monoisotopic (exact) mass is 275 g/mol. The molecule has 0 heterocycles. The van der Waals surface area contributed by atoms with Crippen LogP contribution in [0.15, 0.2) is 18.2 Å². The van der Waals surface area contributed by atoms with Crippen molar-refractivity contribution >= 4 is 17.3 Å². The van der Waals surface area contributed by atoms with Crippen LogP contribution < -0.4 is 16.0 Å². The molecule has 0 saturated heterocycles. The van der Waals surface area contributed by atoms with Crippen LogP contribution in [0.1, 0.15) is 43.0 Å². The van der Waals surface area contributed by atoms with E-state index < -0.39 is 0 Å². The van der Waals surface area contributed by atoms with Gasteiger partial charge in [-0.1, -0.05) is 6.92 Å². The molecule has 0 aromatic heterocycles. The standard InChI is InChI=1S/C16H25N3O/c1-11-4-7-13(8-5-11)18-16(20)14-10-12(17)6-9-15(14)19(2)3/h6,9-11,13H,4-5,7-8,17H2,1-3H3,(H,18,20). The summed E-state index contributed by atoms with van der Waals surface area (Å²) in [5, 5.41) is 3.16. The summed E-state index contributed by atoms with van der Waals surface area (Å²) < 4.78 is 0. The number of nitrogens with zero attached hydrogens (tertiary/aromatic N) is 1. The van der Waals surface area contributed by atoms with Crippen molar-refractivity contribution in [3.63, 3.8) is 0 Å². The lowest BCUT2D eigenvalue weighted by molar-refractivity contribution is 0.0923. The van der Waals surface area contributed by atoms with Gasteiger partial charge in [0.25, 0.3) is 5.91 Å². The van der Waals surface area contributed by atoms with Gasteiger partial charge >= 0.3 is 0 Å². The largest absolute Gasteiger partial charge is 0.399 e. The van der Waals surface area contributed by atoms with E-state index in [-0.39, 0.29) is 5.91 Å². The Kier molecular flexibility index (Phi) is 4.53. The van der Waals surface area contributed by atoms with E-state index in [9.17, 15) is 4.79 Å². The molecular weight excluding hydrogens is 250 g/mol. The van der Waals surface area contributed by atoms with Crippen molar-refractivity contribution in [1.29, 1.82) is 0 Å². The number of nitrogens with one attached hydrogen (secondary N) is 1. The third kappa shape index (κ3) is 3.44. The predicted molar refractivity (Wildman–Crippen MR) is 84.1 cm³/mol. The molecule has 0 atom stereocenters. The lowest BCUT2D eigenvalue weighted by atomic mass is 9.87. The van der Waals surface area contributed by atoms with E-state index in [1.54, 1.807) is 6.07 Å². The summed E-state index contributed by atoms with van der Waals surface area (Å²) in [6, 6.07) is 5.78. The van der Waals surface area contributed by atoms with Gasteiger partial charge in [-0.15, -0.1) is 0 Å². The number of hydrogen-bond acceptors (Lipinski definition) is 3. The number of hydrogen-bond donors (Lipinski definition) is 2. The molecular formula is C16H25N3O. The zero-order valence-electron chi connectivity index (χ0n) is 12.6. The number of carbonyl (C=O) groups excluding carboxylic acids is 1. The van der Waals surface area contributed by atoms with E-state index in [0.29, 0.717) is 17.3 Å². The number of amides is 1. The Morgan fingerprint density at radius 2 is 1.90 bits per heavy atom. The van der Waals surface area contributed by atoms with Gasteiger partial charge in [-0.05, 0) is 49.8 Å². The van der Waals surface area contributed by atoms with Crippen LogP contribution in [-0.2, 0) is 0 Å². The third-order valence-corrected chi connectivity index (χ3v) is 4.10. The zero-order valence-corrected chi connectivity index (χ0v) is 12.6. The van der Waals surface area contributed by atoms with Gasteiger partial charge < -0.3 is 16.0 Å². The van der Waals surface area contributed by atoms with E-state index in [1.165, 1.54) is 12.8 Å². The van der Waals surface area contributed by atoms with Crippen LogP contribution in [0.4, 0.5) is 11.4 Å². The second-order valence-electron chi connectivity index (χ2n) is 6.10. The van der Waals surface area contributed by atoms with Crippen molar-refractivity contribution < 1.29 is 4.79 Å². The zero-order chi connectivity index (χ0) is 14.7. The predicted octanol–water partition coefficient (Wildman–Crippen LogP) is 2.64. The normalized spacial score (nSPS) is 22.4. The first-order chi connectivity index (χ1) is 9.47. The molecule has 0 spiro atoms. The first-order valence-corrected chi connectivity index (χ1v) is 7.35. The van der Waals surface area contributed by atoms with Crippen LogP contribution in [0.25, 0.3) is 0 Å². The van der Waals surface area contributed by atoms with Crippen molar-refractivity contribution in [1.82, 2.24) is 5.32 Å². The van der Waals surface area contributed by atoms with Gasteiger partial charge in [0.2, 0.25) is 0 Å². The molecule has 1 saturated carbocycles. The highest BCUT2D eigenvalue weighted by molar-refractivity contribution is 6.00. The van der Waals surface area contributed by atoms with Crippen molar-refractivity contribution in [2.45, 2.75) is 38.6 Å². The van der Waals surface area contributed by atoms with Crippen molar-refractivity contribution in [2.24, 2.45) is 5.92 Å². The van der Waals surface area contributed by atoms with E-state index in [0.717, 1.165) is 24.4 Å². The number of anilines is 2. The topological polar surface area (TPSA) is 58.4 Å². The molecule has 4 nitrogen and oxygen atoms in total. The lowest BCUT2D eigenvalue weighted by Crippen LogP contribution is -2.38. The van der Waals surface area contributed by atoms with E-state index in [2.05, 4.69) is 12.2 Å². The van der Waals surface area contributed by atoms with Gasteiger partial charge in [0.05, 0.1) is 5.56 Å². The second kappa shape index (κ2) is 6.16. The first-order valence-electron chi connectivity index (χ1n) is 7.35. The Balaban J connectivity index is 2.10. The highest BCUT2D eigenvalue weighted by atomic mass is 16.1. The fraction of sp³-hybridized carbons (Fsp3) is 0.562. The molecule has 1 aromatic carbocycles. The molecule has 1 aromatic rings. The molecule has 0 unspecified atom stereocenters. The van der Waals surface area contributed by atoms with Crippen molar-refractivity contribution in [2.75, 3.05) is 24.7 Å². The van der Waals surface area contributed by atoms with Crippen LogP contribution in [0.5, 0.6) is 0 Å². The maximum atomic E-state index is 12.5.